The summed E-state index contributed by atoms with van der Waals surface area (Å²) in [6.45, 7) is 11.7. The van der Waals surface area contributed by atoms with Crippen LogP contribution in [-0.2, 0) is 0 Å². The molecule has 1 fully saturated rings. The van der Waals surface area contributed by atoms with Crippen molar-refractivity contribution in [2.75, 3.05) is 40.3 Å². The Morgan fingerprint density at radius 2 is 1.89 bits per heavy atom. The Balaban J connectivity index is 2.03. The lowest BCUT2D eigenvalue weighted by atomic mass is 10.0. The van der Waals surface area contributed by atoms with Crippen LogP contribution in [0.15, 0.2) is 0 Å². The van der Waals surface area contributed by atoms with Crippen molar-refractivity contribution < 1.29 is 0 Å². The van der Waals surface area contributed by atoms with Crippen molar-refractivity contribution in [3.05, 3.63) is 0 Å². The maximum absolute atomic E-state index is 3.56. The zero-order valence-electron chi connectivity index (χ0n) is 13.8. The van der Waals surface area contributed by atoms with Gasteiger partial charge in [0.25, 0.3) is 0 Å². The fraction of sp³-hybridized carbons (Fsp3) is 1.00. The maximum Gasteiger partial charge on any atom is 0.0217 e. The van der Waals surface area contributed by atoms with E-state index in [1.165, 1.54) is 51.7 Å². The molecule has 0 saturated carbocycles. The Kier molecular flexibility index (Phi) is 7.33. The summed E-state index contributed by atoms with van der Waals surface area (Å²) in [4.78, 5) is 5.05. The minimum absolute atomic E-state index is 0.270. The standard InChI is InChI=1S/C16H35N3/c1-16(2,3)17-11-7-6-8-12-19-13-9-10-15(14-19)18(4)5/h15,17H,6-14H2,1-5H3. The van der Waals surface area contributed by atoms with Crippen LogP contribution >= 0.6 is 0 Å². The summed E-state index contributed by atoms with van der Waals surface area (Å²) in [7, 11) is 4.43. The molecule has 1 saturated heterocycles. The molecule has 1 atom stereocenters. The van der Waals surface area contributed by atoms with Gasteiger partial charge in [-0.1, -0.05) is 6.42 Å². The van der Waals surface area contributed by atoms with Crippen molar-refractivity contribution in [3.63, 3.8) is 0 Å². The van der Waals surface area contributed by atoms with Gasteiger partial charge in [-0.05, 0) is 80.2 Å². The number of nitrogens with one attached hydrogen (secondary N) is 1. The summed E-state index contributed by atoms with van der Waals surface area (Å²) in [5.41, 5.74) is 0.270. The first-order valence-electron chi connectivity index (χ1n) is 8.02. The van der Waals surface area contributed by atoms with Crippen molar-refractivity contribution in [2.45, 2.75) is 64.5 Å². The summed E-state index contributed by atoms with van der Waals surface area (Å²) in [6, 6.07) is 0.774. The number of rotatable bonds is 7. The molecule has 1 heterocycles. The lowest BCUT2D eigenvalue weighted by molar-refractivity contribution is 0.131. The number of hydrogen-bond donors (Lipinski definition) is 1. The first-order valence-corrected chi connectivity index (χ1v) is 8.02. The molecule has 114 valence electrons. The molecule has 1 rings (SSSR count). The average molecular weight is 269 g/mol. The molecular weight excluding hydrogens is 234 g/mol. The minimum atomic E-state index is 0.270. The van der Waals surface area contributed by atoms with Gasteiger partial charge < -0.3 is 15.1 Å². The van der Waals surface area contributed by atoms with E-state index in [4.69, 9.17) is 0 Å². The van der Waals surface area contributed by atoms with E-state index in [9.17, 15) is 0 Å². The largest absolute Gasteiger partial charge is 0.312 e. The van der Waals surface area contributed by atoms with Gasteiger partial charge in [-0.3, -0.25) is 0 Å². The molecule has 0 aliphatic carbocycles. The molecule has 0 aromatic rings. The quantitative estimate of drug-likeness (QED) is 0.717. The monoisotopic (exact) mass is 269 g/mol. The second-order valence-electron chi connectivity index (χ2n) is 7.30. The van der Waals surface area contributed by atoms with Crippen LogP contribution < -0.4 is 5.32 Å². The van der Waals surface area contributed by atoms with Crippen molar-refractivity contribution in [3.8, 4) is 0 Å². The SMILES string of the molecule is CN(C)C1CCCN(CCCCCNC(C)(C)C)C1. The molecule has 0 amide bonds. The van der Waals surface area contributed by atoms with Crippen LogP contribution in [0.5, 0.6) is 0 Å². The summed E-state index contributed by atoms with van der Waals surface area (Å²) >= 11 is 0. The predicted molar refractivity (Wildman–Crippen MR) is 84.8 cm³/mol. The Morgan fingerprint density at radius 3 is 2.53 bits per heavy atom. The van der Waals surface area contributed by atoms with E-state index in [1.54, 1.807) is 0 Å². The Labute approximate surface area is 120 Å². The molecule has 0 aromatic heterocycles. The lowest BCUT2D eigenvalue weighted by Crippen LogP contribution is -2.45. The molecule has 1 unspecified atom stereocenters. The van der Waals surface area contributed by atoms with E-state index >= 15 is 0 Å². The molecule has 1 aliphatic rings. The Bertz CT molecular complexity index is 233. The molecule has 19 heavy (non-hydrogen) atoms. The molecule has 3 heteroatoms. The zero-order chi connectivity index (χ0) is 14.3. The van der Waals surface area contributed by atoms with Crippen LogP contribution in [0.25, 0.3) is 0 Å². The van der Waals surface area contributed by atoms with Crippen molar-refractivity contribution in [2.24, 2.45) is 0 Å². The number of piperidine rings is 1. The number of unbranched alkanes of at least 4 members (excludes halogenated alkanes) is 2. The van der Waals surface area contributed by atoms with Gasteiger partial charge in [0.15, 0.2) is 0 Å². The highest BCUT2D eigenvalue weighted by Gasteiger charge is 2.20. The van der Waals surface area contributed by atoms with E-state index in [0.717, 1.165) is 12.6 Å². The number of hydrogen-bond acceptors (Lipinski definition) is 3. The minimum Gasteiger partial charge on any atom is -0.312 e. The van der Waals surface area contributed by atoms with Gasteiger partial charge in [0, 0.05) is 18.1 Å². The first-order chi connectivity index (χ1) is 8.88. The van der Waals surface area contributed by atoms with Crippen LogP contribution in [0.4, 0.5) is 0 Å². The molecule has 1 N–H and O–H groups in total. The molecule has 3 nitrogen and oxygen atoms in total. The van der Waals surface area contributed by atoms with E-state index in [1.807, 2.05) is 0 Å². The summed E-state index contributed by atoms with van der Waals surface area (Å²) in [6.07, 6.45) is 6.76. The van der Waals surface area contributed by atoms with E-state index in [2.05, 4.69) is 50.0 Å². The Morgan fingerprint density at radius 1 is 1.16 bits per heavy atom. The predicted octanol–water partition coefficient (Wildman–Crippen LogP) is 2.57. The normalized spacial score (nSPS) is 22.1. The first kappa shape index (κ1) is 16.9. The van der Waals surface area contributed by atoms with Gasteiger partial charge in [0.2, 0.25) is 0 Å². The van der Waals surface area contributed by atoms with Gasteiger partial charge in [-0.15, -0.1) is 0 Å². The maximum atomic E-state index is 3.56. The van der Waals surface area contributed by atoms with E-state index in [-0.39, 0.29) is 5.54 Å². The average Bonchev–Trinajstić information content (AvgIpc) is 2.32. The van der Waals surface area contributed by atoms with Crippen LogP contribution in [0.2, 0.25) is 0 Å². The van der Waals surface area contributed by atoms with Crippen LogP contribution in [0.1, 0.15) is 52.9 Å². The Hall–Kier alpha value is -0.120. The fourth-order valence-corrected chi connectivity index (χ4v) is 2.76. The molecule has 0 spiro atoms. The number of nitrogens with zero attached hydrogens (tertiary/aromatic N) is 2. The molecule has 0 radical (unpaired) electrons. The third-order valence-electron chi connectivity index (χ3n) is 4.02. The molecule has 0 bridgehead atoms. The highest BCUT2D eigenvalue weighted by Crippen LogP contribution is 2.14. The number of likely N-dealkylation sites (tertiary alicyclic amines) is 1. The third kappa shape index (κ3) is 7.91. The summed E-state index contributed by atoms with van der Waals surface area (Å²) < 4.78 is 0. The molecule has 1 aliphatic heterocycles. The van der Waals surface area contributed by atoms with Crippen molar-refractivity contribution in [1.82, 2.24) is 15.1 Å². The molecule has 0 aromatic carbocycles. The van der Waals surface area contributed by atoms with Gasteiger partial charge in [-0.25, -0.2) is 0 Å². The zero-order valence-corrected chi connectivity index (χ0v) is 13.8. The smallest absolute Gasteiger partial charge is 0.0217 e. The fourth-order valence-electron chi connectivity index (χ4n) is 2.76. The van der Waals surface area contributed by atoms with Crippen molar-refractivity contribution in [1.29, 1.82) is 0 Å². The van der Waals surface area contributed by atoms with Gasteiger partial charge in [0.05, 0.1) is 0 Å². The van der Waals surface area contributed by atoms with Gasteiger partial charge in [-0.2, -0.15) is 0 Å². The second kappa shape index (κ2) is 8.23. The molecular formula is C16H35N3. The summed E-state index contributed by atoms with van der Waals surface area (Å²) in [5, 5.41) is 3.56. The van der Waals surface area contributed by atoms with Crippen LogP contribution in [-0.4, -0.2) is 61.7 Å². The lowest BCUT2D eigenvalue weighted by Gasteiger charge is -2.36. The summed E-state index contributed by atoms with van der Waals surface area (Å²) in [5.74, 6) is 0. The number of likely N-dealkylation sites (N-methyl/N-ethyl adjacent to an activating group) is 1. The third-order valence-corrected chi connectivity index (χ3v) is 4.02. The van der Waals surface area contributed by atoms with E-state index < -0.39 is 0 Å². The van der Waals surface area contributed by atoms with Crippen LogP contribution in [0, 0.1) is 0 Å². The van der Waals surface area contributed by atoms with Gasteiger partial charge in [0.1, 0.15) is 0 Å². The topological polar surface area (TPSA) is 18.5 Å². The highest BCUT2D eigenvalue weighted by atomic mass is 15.2. The second-order valence-corrected chi connectivity index (χ2v) is 7.30. The van der Waals surface area contributed by atoms with Gasteiger partial charge >= 0.3 is 0 Å². The van der Waals surface area contributed by atoms with Crippen LogP contribution in [0.3, 0.4) is 0 Å². The highest BCUT2D eigenvalue weighted by molar-refractivity contribution is 4.77. The van der Waals surface area contributed by atoms with Crippen molar-refractivity contribution >= 4 is 0 Å². The van der Waals surface area contributed by atoms with E-state index in [0.29, 0.717) is 0 Å².